The lowest BCUT2D eigenvalue weighted by Crippen LogP contribution is -2.34. The van der Waals surface area contributed by atoms with E-state index in [1.807, 2.05) is 18.8 Å². The zero-order chi connectivity index (χ0) is 10.6. The van der Waals surface area contributed by atoms with Crippen molar-refractivity contribution in [3.63, 3.8) is 0 Å². The zero-order valence-electron chi connectivity index (χ0n) is 8.90. The summed E-state index contributed by atoms with van der Waals surface area (Å²) in [5.41, 5.74) is 0. The SMILES string of the molecule is CCSCCN(C)C1CCS(=O)(=O)C1. The molecular formula is C9H19NO2S2. The molecule has 0 amide bonds. The van der Waals surface area contributed by atoms with E-state index in [-0.39, 0.29) is 6.04 Å². The third-order valence-electron chi connectivity index (χ3n) is 2.62. The first kappa shape index (κ1) is 12.3. The molecule has 1 unspecified atom stereocenters. The van der Waals surface area contributed by atoms with Gasteiger partial charge in [-0.05, 0) is 19.2 Å². The van der Waals surface area contributed by atoms with Gasteiger partial charge in [-0.2, -0.15) is 11.8 Å². The molecule has 5 heteroatoms. The molecule has 84 valence electrons. The molecule has 0 aromatic rings. The van der Waals surface area contributed by atoms with E-state index >= 15 is 0 Å². The zero-order valence-corrected chi connectivity index (χ0v) is 10.5. The lowest BCUT2D eigenvalue weighted by molar-refractivity contribution is 0.278. The average molecular weight is 237 g/mol. The van der Waals surface area contributed by atoms with Gasteiger partial charge in [0, 0.05) is 18.3 Å². The Bertz CT molecular complexity index is 264. The summed E-state index contributed by atoms with van der Waals surface area (Å²) in [6.45, 7) is 3.14. The molecule has 3 nitrogen and oxygen atoms in total. The van der Waals surface area contributed by atoms with Gasteiger partial charge in [-0.25, -0.2) is 8.42 Å². The van der Waals surface area contributed by atoms with E-state index in [0.29, 0.717) is 11.5 Å². The number of hydrogen-bond acceptors (Lipinski definition) is 4. The quantitative estimate of drug-likeness (QED) is 0.665. The smallest absolute Gasteiger partial charge is 0.151 e. The van der Waals surface area contributed by atoms with Crippen molar-refractivity contribution in [3.05, 3.63) is 0 Å². The average Bonchev–Trinajstić information content (AvgIpc) is 2.46. The maximum atomic E-state index is 11.2. The molecular weight excluding hydrogens is 218 g/mol. The van der Waals surface area contributed by atoms with Crippen LogP contribution in [0.2, 0.25) is 0 Å². The van der Waals surface area contributed by atoms with Crippen LogP contribution in [0.1, 0.15) is 13.3 Å². The molecule has 14 heavy (non-hydrogen) atoms. The standard InChI is InChI=1S/C9H19NO2S2/c1-3-13-6-5-10(2)9-4-7-14(11,12)8-9/h9H,3-8H2,1-2H3. The van der Waals surface area contributed by atoms with Crippen LogP contribution in [0.3, 0.4) is 0 Å². The van der Waals surface area contributed by atoms with Crippen molar-refractivity contribution < 1.29 is 8.42 Å². The largest absolute Gasteiger partial charge is 0.302 e. The van der Waals surface area contributed by atoms with Crippen molar-refractivity contribution in [2.75, 3.05) is 36.6 Å². The van der Waals surface area contributed by atoms with Gasteiger partial charge in [0.15, 0.2) is 9.84 Å². The molecule has 0 bridgehead atoms. The van der Waals surface area contributed by atoms with E-state index in [0.717, 1.165) is 24.5 Å². The molecule has 1 aliphatic heterocycles. The number of rotatable bonds is 5. The molecule has 0 aliphatic carbocycles. The summed E-state index contributed by atoms with van der Waals surface area (Å²) in [6, 6.07) is 0.262. The summed E-state index contributed by atoms with van der Waals surface area (Å²) >= 11 is 1.90. The van der Waals surface area contributed by atoms with Crippen molar-refractivity contribution in [2.45, 2.75) is 19.4 Å². The Morgan fingerprint density at radius 3 is 2.71 bits per heavy atom. The van der Waals surface area contributed by atoms with E-state index in [9.17, 15) is 8.42 Å². The minimum absolute atomic E-state index is 0.262. The minimum atomic E-state index is -2.72. The van der Waals surface area contributed by atoms with E-state index in [4.69, 9.17) is 0 Å². The Kier molecular flexibility index (Phi) is 4.73. The first-order valence-electron chi connectivity index (χ1n) is 5.03. The second-order valence-electron chi connectivity index (χ2n) is 3.73. The predicted molar refractivity (Wildman–Crippen MR) is 62.7 cm³/mol. The molecule has 1 fully saturated rings. The van der Waals surface area contributed by atoms with Crippen molar-refractivity contribution in [1.29, 1.82) is 0 Å². The first-order valence-corrected chi connectivity index (χ1v) is 8.01. The van der Waals surface area contributed by atoms with Gasteiger partial charge in [0.1, 0.15) is 0 Å². The molecule has 0 radical (unpaired) electrons. The number of thioether (sulfide) groups is 1. The normalized spacial score (nSPS) is 25.8. The highest BCUT2D eigenvalue weighted by atomic mass is 32.2. The molecule has 1 atom stereocenters. The van der Waals surface area contributed by atoms with Gasteiger partial charge < -0.3 is 4.90 Å². The second kappa shape index (κ2) is 5.37. The highest BCUT2D eigenvalue weighted by Gasteiger charge is 2.30. The summed E-state index contributed by atoms with van der Waals surface area (Å²) < 4.78 is 22.5. The minimum Gasteiger partial charge on any atom is -0.302 e. The number of nitrogens with zero attached hydrogens (tertiary/aromatic N) is 1. The van der Waals surface area contributed by atoms with Crippen LogP contribution in [-0.4, -0.2) is 56.0 Å². The van der Waals surface area contributed by atoms with Gasteiger partial charge >= 0.3 is 0 Å². The molecule has 0 aromatic carbocycles. The topological polar surface area (TPSA) is 37.4 Å². The second-order valence-corrected chi connectivity index (χ2v) is 7.36. The number of hydrogen-bond donors (Lipinski definition) is 0. The van der Waals surface area contributed by atoms with Crippen molar-refractivity contribution in [2.24, 2.45) is 0 Å². The van der Waals surface area contributed by atoms with Gasteiger partial charge in [0.05, 0.1) is 11.5 Å². The lowest BCUT2D eigenvalue weighted by Gasteiger charge is -2.22. The Morgan fingerprint density at radius 1 is 1.50 bits per heavy atom. The highest BCUT2D eigenvalue weighted by molar-refractivity contribution is 7.99. The number of sulfone groups is 1. The monoisotopic (exact) mass is 237 g/mol. The fourth-order valence-electron chi connectivity index (χ4n) is 1.66. The molecule has 1 saturated heterocycles. The van der Waals surface area contributed by atoms with E-state index in [2.05, 4.69) is 11.8 Å². The highest BCUT2D eigenvalue weighted by Crippen LogP contribution is 2.16. The summed E-state index contributed by atoms with van der Waals surface area (Å²) in [7, 11) is -0.690. The van der Waals surface area contributed by atoms with E-state index in [1.165, 1.54) is 0 Å². The van der Waals surface area contributed by atoms with E-state index < -0.39 is 9.84 Å². The fourth-order valence-corrected chi connectivity index (χ4v) is 4.17. The van der Waals surface area contributed by atoms with Gasteiger partial charge in [-0.1, -0.05) is 6.92 Å². The lowest BCUT2D eigenvalue weighted by atomic mass is 10.2. The van der Waals surface area contributed by atoms with E-state index in [1.54, 1.807) is 0 Å². The summed E-state index contributed by atoms with van der Waals surface area (Å²) in [5, 5.41) is 0. The van der Waals surface area contributed by atoms with Crippen LogP contribution >= 0.6 is 11.8 Å². The van der Waals surface area contributed by atoms with Crippen LogP contribution in [0.25, 0.3) is 0 Å². The molecule has 0 spiro atoms. The fraction of sp³-hybridized carbons (Fsp3) is 1.00. The van der Waals surface area contributed by atoms with Gasteiger partial charge in [-0.15, -0.1) is 0 Å². The molecule has 0 aromatic heterocycles. The van der Waals surface area contributed by atoms with Crippen LogP contribution < -0.4 is 0 Å². The molecule has 0 saturated carbocycles. The summed E-state index contributed by atoms with van der Waals surface area (Å²) in [5.74, 6) is 2.98. The molecule has 0 N–H and O–H groups in total. The van der Waals surface area contributed by atoms with Crippen LogP contribution in [-0.2, 0) is 9.84 Å². The van der Waals surface area contributed by atoms with Gasteiger partial charge in [-0.3, -0.25) is 0 Å². The van der Waals surface area contributed by atoms with Gasteiger partial charge in [0.2, 0.25) is 0 Å². The van der Waals surface area contributed by atoms with Crippen LogP contribution in [0, 0.1) is 0 Å². The molecule has 1 rings (SSSR count). The summed E-state index contributed by atoms with van der Waals surface area (Å²) in [4.78, 5) is 2.19. The predicted octanol–water partition coefficient (Wildman–Crippen LogP) is 0.858. The van der Waals surface area contributed by atoms with Crippen LogP contribution in [0.15, 0.2) is 0 Å². The Morgan fingerprint density at radius 2 is 2.21 bits per heavy atom. The Balaban J connectivity index is 2.29. The van der Waals surface area contributed by atoms with Crippen LogP contribution in [0.4, 0.5) is 0 Å². The third-order valence-corrected chi connectivity index (χ3v) is 5.25. The van der Waals surface area contributed by atoms with Crippen molar-refractivity contribution >= 4 is 21.6 Å². The Labute approximate surface area is 91.2 Å². The molecule has 1 aliphatic rings. The van der Waals surface area contributed by atoms with Gasteiger partial charge in [0.25, 0.3) is 0 Å². The Hall–Kier alpha value is 0.260. The van der Waals surface area contributed by atoms with Crippen molar-refractivity contribution in [3.8, 4) is 0 Å². The van der Waals surface area contributed by atoms with Crippen LogP contribution in [0.5, 0.6) is 0 Å². The summed E-state index contributed by atoms with van der Waals surface area (Å²) in [6.07, 6.45) is 0.815. The first-order chi connectivity index (χ1) is 6.55. The third kappa shape index (κ3) is 3.79. The maximum Gasteiger partial charge on any atom is 0.151 e. The van der Waals surface area contributed by atoms with Crippen molar-refractivity contribution in [1.82, 2.24) is 4.90 Å². The maximum absolute atomic E-state index is 11.2. The molecule has 1 heterocycles.